The number of carboxylic acids is 1. The van der Waals surface area contributed by atoms with E-state index < -0.39 is 5.97 Å². The fourth-order valence-corrected chi connectivity index (χ4v) is 2.42. The Morgan fingerprint density at radius 2 is 2.28 bits per heavy atom. The van der Waals surface area contributed by atoms with Crippen LogP contribution in [0.2, 0.25) is 0 Å². The fraction of sp³-hybridized carbons (Fsp3) is 0.727. The molecular weight excluding hydrogens is 238 g/mol. The first-order valence-electron chi connectivity index (χ1n) is 6.10. The molecule has 2 aliphatic rings. The Morgan fingerprint density at radius 1 is 1.39 bits per heavy atom. The Bertz CT molecular complexity index is 453. The number of hydrogen-bond acceptors (Lipinski definition) is 5. The van der Waals surface area contributed by atoms with Crippen LogP contribution in [0, 0.1) is 5.92 Å². The summed E-state index contributed by atoms with van der Waals surface area (Å²) < 4.78 is 12.8. The molecular formula is C11H15N3O4. The van der Waals surface area contributed by atoms with Crippen LogP contribution in [0.5, 0.6) is 0 Å². The molecule has 1 aromatic rings. The van der Waals surface area contributed by atoms with Crippen molar-refractivity contribution in [3.05, 3.63) is 11.6 Å². The first-order chi connectivity index (χ1) is 8.75. The lowest BCUT2D eigenvalue weighted by atomic mass is 9.99. The van der Waals surface area contributed by atoms with Gasteiger partial charge in [0.15, 0.2) is 5.82 Å². The summed E-state index contributed by atoms with van der Waals surface area (Å²) in [4.78, 5) is 11.1. The zero-order valence-electron chi connectivity index (χ0n) is 9.91. The van der Waals surface area contributed by atoms with Crippen LogP contribution in [0.3, 0.4) is 0 Å². The van der Waals surface area contributed by atoms with E-state index in [2.05, 4.69) is 10.2 Å². The summed E-state index contributed by atoms with van der Waals surface area (Å²) >= 11 is 0. The standard InChI is InChI=1S/C11H15N3O4/c15-11(16)7-1-2-9-12-13-10(14(9)5-7)8-6-17-3-4-18-8/h7-8H,1-6H2,(H,15,16). The van der Waals surface area contributed by atoms with E-state index in [9.17, 15) is 4.79 Å². The highest BCUT2D eigenvalue weighted by Gasteiger charge is 2.31. The largest absolute Gasteiger partial charge is 0.481 e. The summed E-state index contributed by atoms with van der Waals surface area (Å²) in [6, 6.07) is 0. The molecule has 1 N–H and O–H groups in total. The lowest BCUT2D eigenvalue weighted by Gasteiger charge is -2.26. The topological polar surface area (TPSA) is 86.5 Å². The van der Waals surface area contributed by atoms with Crippen molar-refractivity contribution >= 4 is 5.97 Å². The smallest absolute Gasteiger partial charge is 0.308 e. The van der Waals surface area contributed by atoms with Gasteiger partial charge in [-0.2, -0.15) is 0 Å². The van der Waals surface area contributed by atoms with Gasteiger partial charge in [-0.15, -0.1) is 10.2 Å². The highest BCUT2D eigenvalue weighted by Crippen LogP contribution is 2.25. The third-order valence-electron chi connectivity index (χ3n) is 3.43. The number of ether oxygens (including phenoxy) is 2. The Hall–Kier alpha value is -1.47. The van der Waals surface area contributed by atoms with Crippen LogP contribution in [-0.4, -0.2) is 45.7 Å². The molecule has 0 saturated carbocycles. The lowest BCUT2D eigenvalue weighted by Crippen LogP contribution is -2.30. The quantitative estimate of drug-likeness (QED) is 0.799. The van der Waals surface area contributed by atoms with Crippen LogP contribution in [0.4, 0.5) is 0 Å². The molecule has 7 nitrogen and oxygen atoms in total. The number of carboxylic acid groups (broad SMARTS) is 1. The molecule has 98 valence electrons. The number of rotatable bonds is 2. The minimum Gasteiger partial charge on any atom is -0.481 e. The van der Waals surface area contributed by atoms with Crippen molar-refractivity contribution in [2.75, 3.05) is 19.8 Å². The molecule has 1 aromatic heterocycles. The minimum absolute atomic E-state index is 0.229. The maximum absolute atomic E-state index is 11.1. The summed E-state index contributed by atoms with van der Waals surface area (Å²) in [5, 5.41) is 17.3. The van der Waals surface area contributed by atoms with Crippen LogP contribution >= 0.6 is 0 Å². The first-order valence-corrected chi connectivity index (χ1v) is 6.10. The average molecular weight is 253 g/mol. The van der Waals surface area contributed by atoms with Gasteiger partial charge in [-0.25, -0.2) is 0 Å². The van der Waals surface area contributed by atoms with E-state index in [-0.39, 0.29) is 12.0 Å². The summed E-state index contributed by atoms with van der Waals surface area (Å²) in [5.41, 5.74) is 0. The van der Waals surface area contributed by atoms with Gasteiger partial charge in [-0.3, -0.25) is 4.79 Å². The Kier molecular flexibility index (Phi) is 3.00. The Morgan fingerprint density at radius 3 is 3.00 bits per heavy atom. The molecule has 2 unspecified atom stereocenters. The monoisotopic (exact) mass is 253 g/mol. The third-order valence-corrected chi connectivity index (χ3v) is 3.43. The van der Waals surface area contributed by atoms with Crippen molar-refractivity contribution in [1.82, 2.24) is 14.8 Å². The second-order valence-corrected chi connectivity index (χ2v) is 4.59. The molecule has 18 heavy (non-hydrogen) atoms. The molecule has 0 bridgehead atoms. The number of aromatic nitrogens is 3. The highest BCUT2D eigenvalue weighted by atomic mass is 16.6. The Balaban J connectivity index is 1.84. The number of fused-ring (bicyclic) bond motifs is 1. The van der Waals surface area contributed by atoms with Gasteiger partial charge in [0.25, 0.3) is 0 Å². The van der Waals surface area contributed by atoms with E-state index in [4.69, 9.17) is 14.6 Å². The SMILES string of the molecule is O=C(O)C1CCc2nnc(C3COCCO3)n2C1. The van der Waals surface area contributed by atoms with E-state index in [1.165, 1.54) is 0 Å². The van der Waals surface area contributed by atoms with E-state index in [1.54, 1.807) is 0 Å². The lowest BCUT2D eigenvalue weighted by molar-refractivity contribution is -0.142. The number of carbonyl (C=O) groups is 1. The van der Waals surface area contributed by atoms with E-state index in [1.807, 2.05) is 4.57 Å². The zero-order valence-corrected chi connectivity index (χ0v) is 9.91. The van der Waals surface area contributed by atoms with E-state index >= 15 is 0 Å². The number of aryl methyl sites for hydroxylation is 1. The van der Waals surface area contributed by atoms with Crippen LogP contribution < -0.4 is 0 Å². The van der Waals surface area contributed by atoms with Gasteiger partial charge in [-0.1, -0.05) is 0 Å². The molecule has 1 fully saturated rings. The van der Waals surface area contributed by atoms with E-state index in [0.29, 0.717) is 45.0 Å². The van der Waals surface area contributed by atoms with Crippen molar-refractivity contribution in [3.8, 4) is 0 Å². The van der Waals surface area contributed by atoms with Gasteiger partial charge in [-0.05, 0) is 6.42 Å². The molecule has 1 saturated heterocycles. The molecule has 7 heteroatoms. The highest BCUT2D eigenvalue weighted by molar-refractivity contribution is 5.70. The van der Waals surface area contributed by atoms with Gasteiger partial charge < -0.3 is 19.1 Å². The van der Waals surface area contributed by atoms with Gasteiger partial charge in [0.1, 0.15) is 11.9 Å². The molecule has 0 radical (unpaired) electrons. The number of aliphatic carboxylic acids is 1. The normalized spacial score (nSPS) is 27.8. The molecule has 0 aromatic carbocycles. The molecule has 0 aliphatic carbocycles. The predicted octanol–water partition coefficient (Wildman–Crippen LogP) is 0.0130. The van der Waals surface area contributed by atoms with Crippen LogP contribution in [0.25, 0.3) is 0 Å². The average Bonchev–Trinajstić information content (AvgIpc) is 2.82. The van der Waals surface area contributed by atoms with Crippen LogP contribution in [0.1, 0.15) is 24.2 Å². The second-order valence-electron chi connectivity index (χ2n) is 4.59. The van der Waals surface area contributed by atoms with Crippen molar-refractivity contribution < 1.29 is 19.4 Å². The Labute approximate surface area is 104 Å². The fourth-order valence-electron chi connectivity index (χ4n) is 2.42. The molecule has 0 spiro atoms. The second kappa shape index (κ2) is 4.66. The maximum Gasteiger partial charge on any atom is 0.308 e. The van der Waals surface area contributed by atoms with Gasteiger partial charge >= 0.3 is 5.97 Å². The minimum atomic E-state index is -0.763. The van der Waals surface area contributed by atoms with Crippen molar-refractivity contribution in [2.45, 2.75) is 25.5 Å². The maximum atomic E-state index is 11.1. The molecule has 0 amide bonds. The van der Waals surface area contributed by atoms with Gasteiger partial charge in [0.2, 0.25) is 0 Å². The van der Waals surface area contributed by atoms with Gasteiger partial charge in [0.05, 0.1) is 25.7 Å². The van der Waals surface area contributed by atoms with Gasteiger partial charge in [0, 0.05) is 13.0 Å². The summed E-state index contributed by atoms with van der Waals surface area (Å²) in [6.45, 7) is 2.01. The predicted molar refractivity (Wildman–Crippen MR) is 59.0 cm³/mol. The number of nitrogens with zero attached hydrogens (tertiary/aromatic N) is 3. The summed E-state index contributed by atoms with van der Waals surface area (Å²) in [6.07, 6.45) is 1.04. The summed E-state index contributed by atoms with van der Waals surface area (Å²) in [7, 11) is 0. The van der Waals surface area contributed by atoms with Crippen LogP contribution in [0.15, 0.2) is 0 Å². The molecule has 3 heterocycles. The molecule has 2 atom stereocenters. The number of hydrogen-bond donors (Lipinski definition) is 1. The third kappa shape index (κ3) is 1.99. The zero-order chi connectivity index (χ0) is 12.5. The molecule has 2 aliphatic heterocycles. The van der Waals surface area contributed by atoms with Crippen molar-refractivity contribution in [1.29, 1.82) is 0 Å². The van der Waals surface area contributed by atoms with Crippen molar-refractivity contribution in [3.63, 3.8) is 0 Å². The first kappa shape index (κ1) is 11.6. The van der Waals surface area contributed by atoms with Crippen LogP contribution in [-0.2, 0) is 27.2 Å². The van der Waals surface area contributed by atoms with Crippen molar-refractivity contribution in [2.24, 2.45) is 5.92 Å². The molecule has 3 rings (SSSR count). The summed E-state index contributed by atoms with van der Waals surface area (Å²) in [5.74, 6) is 0.408. The van der Waals surface area contributed by atoms with E-state index in [0.717, 1.165) is 5.82 Å².